The Morgan fingerprint density at radius 3 is 2.16 bits per heavy atom. The Hall–Kier alpha value is -2.62. The maximum atomic E-state index is 12.9. The molecule has 2 aromatic carbocycles. The predicted molar refractivity (Wildman–Crippen MR) is 125 cm³/mol. The second-order valence-electron chi connectivity index (χ2n) is 7.34. The lowest BCUT2D eigenvalue weighted by Gasteiger charge is -2.24. The normalized spacial score (nSPS) is 12.5. The number of rotatable bonds is 9. The minimum Gasteiger partial charge on any atom is -0.467 e. The number of nitrogens with one attached hydrogen (secondary N) is 2. The van der Waals surface area contributed by atoms with Crippen LogP contribution in [0.2, 0.25) is 0 Å². The molecule has 166 valence electrons. The second-order valence-corrected chi connectivity index (χ2v) is 8.59. The third-order valence-corrected chi connectivity index (χ3v) is 5.31. The topological polar surface area (TPSA) is 93.7 Å². The lowest BCUT2D eigenvalue weighted by Crippen LogP contribution is -2.54. The highest BCUT2D eigenvalue weighted by Crippen LogP contribution is 2.11. The number of carbonyl (C=O) groups excluding carboxylic acids is 3. The molecule has 0 fully saturated rings. The molecule has 2 aromatic rings. The third-order valence-electron chi connectivity index (χ3n) is 4.59. The molecule has 0 heterocycles. The van der Waals surface area contributed by atoms with Crippen molar-refractivity contribution in [3.63, 3.8) is 0 Å². The first kappa shape index (κ1) is 24.6. The van der Waals surface area contributed by atoms with Gasteiger partial charge in [0.2, 0.25) is 5.91 Å². The summed E-state index contributed by atoms with van der Waals surface area (Å²) in [6.07, 6.45) is -0.427. The predicted octanol–water partition coefficient (Wildman–Crippen LogP) is 3.44. The van der Waals surface area contributed by atoms with Crippen LogP contribution in [0, 0.1) is 9.49 Å². The number of alkyl carbamates (subject to hydrolysis) is 1. The maximum absolute atomic E-state index is 12.9. The molecule has 0 spiro atoms. The summed E-state index contributed by atoms with van der Waals surface area (Å²) in [6.45, 7) is 3.69. The number of benzene rings is 2. The third kappa shape index (κ3) is 8.20. The zero-order chi connectivity index (χ0) is 22.8. The van der Waals surface area contributed by atoms with Crippen LogP contribution in [0.15, 0.2) is 54.6 Å². The van der Waals surface area contributed by atoms with Crippen LogP contribution in [0.5, 0.6) is 0 Å². The molecular weight excluding hydrogens is 511 g/mol. The van der Waals surface area contributed by atoms with Crippen LogP contribution in [0.1, 0.15) is 25.0 Å². The van der Waals surface area contributed by atoms with E-state index in [1.165, 1.54) is 7.11 Å². The standard InChI is InChI=1S/C23H27IN2O5/c1-15(2)20(26-23(29)31-14-17-7-5-4-6-8-17)21(27)25-19(22(28)30-3)13-16-9-11-18(24)12-10-16/h4-12,15,19-20H,13-14H2,1-3H3,(H,25,27)(H,26,29)/t19-,20-/m1/s1. The number of esters is 1. The van der Waals surface area contributed by atoms with Gasteiger partial charge >= 0.3 is 12.1 Å². The van der Waals surface area contributed by atoms with Crippen molar-refractivity contribution in [3.8, 4) is 0 Å². The summed E-state index contributed by atoms with van der Waals surface area (Å²) in [5.41, 5.74) is 1.72. The fraction of sp³-hybridized carbons (Fsp3) is 0.348. The van der Waals surface area contributed by atoms with E-state index in [0.717, 1.165) is 14.7 Å². The molecule has 2 amide bonds. The molecular formula is C23H27IN2O5. The van der Waals surface area contributed by atoms with Crippen LogP contribution in [0.4, 0.5) is 4.79 Å². The van der Waals surface area contributed by atoms with Crippen molar-refractivity contribution >= 4 is 40.6 Å². The molecule has 2 rings (SSSR count). The van der Waals surface area contributed by atoms with E-state index < -0.39 is 30.1 Å². The fourth-order valence-corrected chi connectivity index (χ4v) is 3.24. The Labute approximate surface area is 196 Å². The molecule has 0 aromatic heterocycles. The molecule has 0 aliphatic rings. The monoisotopic (exact) mass is 538 g/mol. The van der Waals surface area contributed by atoms with Crippen LogP contribution >= 0.6 is 22.6 Å². The van der Waals surface area contributed by atoms with E-state index in [1.54, 1.807) is 13.8 Å². The zero-order valence-corrected chi connectivity index (χ0v) is 19.9. The van der Waals surface area contributed by atoms with E-state index in [1.807, 2.05) is 54.6 Å². The van der Waals surface area contributed by atoms with Crippen LogP contribution in [-0.2, 0) is 32.1 Å². The van der Waals surface area contributed by atoms with Gasteiger partial charge in [0.1, 0.15) is 18.7 Å². The second kappa shape index (κ2) is 12.3. The molecule has 7 nitrogen and oxygen atoms in total. The molecule has 0 saturated heterocycles. The van der Waals surface area contributed by atoms with Crippen molar-refractivity contribution in [1.29, 1.82) is 0 Å². The molecule has 2 N–H and O–H groups in total. The fourth-order valence-electron chi connectivity index (χ4n) is 2.88. The van der Waals surface area contributed by atoms with Crippen molar-refractivity contribution in [3.05, 3.63) is 69.3 Å². The number of halogens is 1. The molecule has 0 saturated carbocycles. The molecule has 31 heavy (non-hydrogen) atoms. The first-order valence-corrected chi connectivity index (χ1v) is 11.0. The number of ether oxygens (including phenoxy) is 2. The average Bonchev–Trinajstić information content (AvgIpc) is 2.76. The highest BCUT2D eigenvalue weighted by molar-refractivity contribution is 14.1. The van der Waals surface area contributed by atoms with Gasteiger partial charge in [0.25, 0.3) is 0 Å². The highest BCUT2D eigenvalue weighted by Gasteiger charge is 2.29. The summed E-state index contributed by atoms with van der Waals surface area (Å²) in [4.78, 5) is 37.4. The average molecular weight is 538 g/mol. The lowest BCUT2D eigenvalue weighted by atomic mass is 10.0. The number of methoxy groups -OCH3 is 1. The van der Waals surface area contributed by atoms with Gasteiger partial charge in [-0.1, -0.05) is 56.3 Å². The summed E-state index contributed by atoms with van der Waals surface area (Å²) >= 11 is 2.19. The molecule has 8 heteroatoms. The highest BCUT2D eigenvalue weighted by atomic mass is 127. The van der Waals surface area contributed by atoms with Crippen LogP contribution < -0.4 is 10.6 Å². The van der Waals surface area contributed by atoms with Crippen LogP contribution in [0.25, 0.3) is 0 Å². The van der Waals surface area contributed by atoms with Gasteiger partial charge < -0.3 is 20.1 Å². The van der Waals surface area contributed by atoms with Gasteiger partial charge in [-0.3, -0.25) is 4.79 Å². The van der Waals surface area contributed by atoms with Gasteiger partial charge in [0, 0.05) is 9.99 Å². The van der Waals surface area contributed by atoms with E-state index >= 15 is 0 Å². The summed E-state index contributed by atoms with van der Waals surface area (Å²) in [7, 11) is 1.27. The van der Waals surface area contributed by atoms with Crippen molar-refractivity contribution in [2.24, 2.45) is 5.92 Å². The summed E-state index contributed by atoms with van der Waals surface area (Å²) in [5.74, 6) is -1.26. The first-order valence-electron chi connectivity index (χ1n) is 9.90. The van der Waals surface area contributed by atoms with Crippen molar-refractivity contribution in [1.82, 2.24) is 10.6 Å². The quantitative estimate of drug-likeness (QED) is 0.377. The van der Waals surface area contributed by atoms with Crippen LogP contribution in [0.3, 0.4) is 0 Å². The molecule has 0 unspecified atom stereocenters. The maximum Gasteiger partial charge on any atom is 0.408 e. The van der Waals surface area contributed by atoms with Crippen molar-refractivity contribution in [2.75, 3.05) is 7.11 Å². The number of hydrogen-bond donors (Lipinski definition) is 2. The van der Waals surface area contributed by atoms with Crippen molar-refractivity contribution in [2.45, 2.75) is 39.0 Å². The van der Waals surface area contributed by atoms with E-state index in [2.05, 4.69) is 33.2 Å². The van der Waals surface area contributed by atoms with E-state index in [-0.39, 0.29) is 18.9 Å². The number of hydrogen-bond acceptors (Lipinski definition) is 5. The smallest absolute Gasteiger partial charge is 0.408 e. The Balaban J connectivity index is 2.00. The largest absolute Gasteiger partial charge is 0.467 e. The molecule has 0 aliphatic carbocycles. The Kier molecular flexibility index (Phi) is 9.77. The number of amides is 2. The number of carbonyl (C=O) groups is 3. The van der Waals surface area contributed by atoms with Crippen LogP contribution in [-0.4, -0.2) is 37.2 Å². The Morgan fingerprint density at radius 2 is 1.58 bits per heavy atom. The molecule has 0 radical (unpaired) electrons. The molecule has 0 bridgehead atoms. The van der Waals surface area contributed by atoms with Gasteiger partial charge in [0.15, 0.2) is 0 Å². The van der Waals surface area contributed by atoms with Gasteiger partial charge in [-0.05, 0) is 51.8 Å². The summed E-state index contributed by atoms with van der Waals surface area (Å²) < 4.78 is 11.1. The van der Waals surface area contributed by atoms with Gasteiger partial charge in [-0.2, -0.15) is 0 Å². The Morgan fingerprint density at radius 1 is 0.935 bits per heavy atom. The molecule has 2 atom stereocenters. The van der Waals surface area contributed by atoms with E-state index in [0.29, 0.717) is 0 Å². The molecule has 0 aliphatic heterocycles. The SMILES string of the molecule is COC(=O)[C@@H](Cc1ccc(I)cc1)NC(=O)[C@H](NC(=O)OCc1ccccc1)C(C)C. The van der Waals surface area contributed by atoms with E-state index in [4.69, 9.17) is 9.47 Å². The minimum atomic E-state index is -0.874. The van der Waals surface area contributed by atoms with Gasteiger partial charge in [-0.15, -0.1) is 0 Å². The Bertz CT molecular complexity index is 871. The lowest BCUT2D eigenvalue weighted by molar-refractivity contribution is -0.145. The van der Waals surface area contributed by atoms with Gasteiger partial charge in [-0.25, -0.2) is 9.59 Å². The summed E-state index contributed by atoms with van der Waals surface area (Å²) in [6, 6.07) is 15.1. The first-order chi connectivity index (χ1) is 14.8. The van der Waals surface area contributed by atoms with Gasteiger partial charge in [0.05, 0.1) is 7.11 Å². The summed E-state index contributed by atoms with van der Waals surface area (Å²) in [5, 5.41) is 5.30. The zero-order valence-electron chi connectivity index (χ0n) is 17.8. The van der Waals surface area contributed by atoms with E-state index in [9.17, 15) is 14.4 Å². The minimum absolute atomic E-state index is 0.0939. The van der Waals surface area contributed by atoms with Crippen molar-refractivity contribution < 1.29 is 23.9 Å².